The van der Waals surface area contributed by atoms with E-state index in [1.54, 1.807) is 0 Å². The number of rotatable bonds is 3. The Bertz CT molecular complexity index is 146. The summed E-state index contributed by atoms with van der Waals surface area (Å²) < 4.78 is 5.24. The monoisotopic (exact) mass is 172 g/mol. The average molecular weight is 172 g/mol. The van der Waals surface area contributed by atoms with Crippen LogP contribution in [0.5, 0.6) is 0 Å². The Morgan fingerprint density at radius 2 is 1.83 bits per heavy atom. The molecule has 0 bridgehead atoms. The van der Waals surface area contributed by atoms with Crippen LogP contribution in [0.15, 0.2) is 0 Å². The quantitative estimate of drug-likeness (QED) is 0.604. The second kappa shape index (κ2) is 3.32. The van der Waals surface area contributed by atoms with Crippen LogP contribution in [0.4, 0.5) is 0 Å². The van der Waals surface area contributed by atoms with Gasteiger partial charge in [-0.3, -0.25) is 0 Å². The lowest BCUT2D eigenvalue weighted by Gasteiger charge is -2.23. The Balaban J connectivity index is 1.94. The lowest BCUT2D eigenvalue weighted by molar-refractivity contribution is -0.108. The first kappa shape index (κ1) is 8.48. The normalized spacial score (nSPS) is 32.8. The highest BCUT2D eigenvalue weighted by Crippen LogP contribution is 2.43. The average Bonchev–Trinajstić information content (AvgIpc) is 2.65. The SMILES string of the molecule is OC(O)C(C1CC1)C1CCOC1. The first-order chi connectivity index (χ1) is 5.79. The largest absolute Gasteiger partial charge is 0.381 e. The zero-order chi connectivity index (χ0) is 8.55. The Hall–Kier alpha value is -0.120. The van der Waals surface area contributed by atoms with E-state index in [1.165, 1.54) is 12.8 Å². The molecule has 0 amide bonds. The van der Waals surface area contributed by atoms with Crippen LogP contribution in [0.2, 0.25) is 0 Å². The molecule has 2 rings (SSSR count). The molecule has 3 nitrogen and oxygen atoms in total. The molecule has 1 saturated carbocycles. The van der Waals surface area contributed by atoms with Crippen molar-refractivity contribution in [1.29, 1.82) is 0 Å². The maximum absolute atomic E-state index is 9.18. The first-order valence-electron chi connectivity index (χ1n) is 4.73. The van der Waals surface area contributed by atoms with E-state index in [0.717, 1.165) is 19.6 Å². The molecule has 1 saturated heterocycles. The van der Waals surface area contributed by atoms with E-state index in [1.807, 2.05) is 0 Å². The molecular formula is C9H16O3. The Kier molecular flexibility index (Phi) is 2.35. The number of aliphatic hydroxyl groups excluding tert-OH is 1. The van der Waals surface area contributed by atoms with Gasteiger partial charge in [0.2, 0.25) is 0 Å². The van der Waals surface area contributed by atoms with Gasteiger partial charge in [0.15, 0.2) is 6.29 Å². The molecule has 1 aliphatic heterocycles. The minimum absolute atomic E-state index is 0.0764. The summed E-state index contributed by atoms with van der Waals surface area (Å²) in [6, 6.07) is 0. The van der Waals surface area contributed by atoms with Gasteiger partial charge in [-0.1, -0.05) is 0 Å². The van der Waals surface area contributed by atoms with Crippen LogP contribution in [0.1, 0.15) is 19.3 Å². The van der Waals surface area contributed by atoms with E-state index in [4.69, 9.17) is 4.74 Å². The van der Waals surface area contributed by atoms with E-state index >= 15 is 0 Å². The molecule has 0 radical (unpaired) electrons. The van der Waals surface area contributed by atoms with Crippen LogP contribution >= 0.6 is 0 Å². The van der Waals surface area contributed by atoms with Crippen molar-refractivity contribution in [3.8, 4) is 0 Å². The summed E-state index contributed by atoms with van der Waals surface area (Å²) in [5.74, 6) is 1.02. The van der Waals surface area contributed by atoms with Gasteiger partial charge in [0.05, 0.1) is 0 Å². The lowest BCUT2D eigenvalue weighted by Crippen LogP contribution is -2.29. The predicted molar refractivity (Wildman–Crippen MR) is 43.4 cm³/mol. The number of hydrogen-bond donors (Lipinski definition) is 2. The van der Waals surface area contributed by atoms with Crippen molar-refractivity contribution in [2.45, 2.75) is 25.6 Å². The molecular weight excluding hydrogens is 156 g/mol. The fourth-order valence-corrected chi connectivity index (χ4v) is 2.21. The third-order valence-electron chi connectivity index (χ3n) is 3.02. The van der Waals surface area contributed by atoms with Crippen molar-refractivity contribution in [3.05, 3.63) is 0 Å². The van der Waals surface area contributed by atoms with Gasteiger partial charge >= 0.3 is 0 Å². The maximum atomic E-state index is 9.18. The van der Waals surface area contributed by atoms with Crippen LogP contribution in [0.25, 0.3) is 0 Å². The molecule has 1 heterocycles. The Morgan fingerprint density at radius 1 is 1.08 bits per heavy atom. The van der Waals surface area contributed by atoms with E-state index in [-0.39, 0.29) is 5.92 Å². The zero-order valence-corrected chi connectivity index (χ0v) is 7.15. The highest BCUT2D eigenvalue weighted by molar-refractivity contribution is 4.88. The summed E-state index contributed by atoms with van der Waals surface area (Å²) in [6.45, 7) is 1.51. The zero-order valence-electron chi connectivity index (χ0n) is 7.15. The summed E-state index contributed by atoms with van der Waals surface area (Å²) in [5, 5.41) is 18.4. The summed E-state index contributed by atoms with van der Waals surface area (Å²) in [5.41, 5.74) is 0. The summed E-state index contributed by atoms with van der Waals surface area (Å²) >= 11 is 0. The molecule has 2 fully saturated rings. The van der Waals surface area contributed by atoms with Crippen molar-refractivity contribution in [2.24, 2.45) is 17.8 Å². The topological polar surface area (TPSA) is 49.7 Å². The number of ether oxygens (including phenoxy) is 1. The molecule has 1 aliphatic carbocycles. The van der Waals surface area contributed by atoms with Crippen molar-refractivity contribution in [1.82, 2.24) is 0 Å². The summed E-state index contributed by atoms with van der Waals surface area (Å²) in [6.07, 6.45) is 2.19. The van der Waals surface area contributed by atoms with Gasteiger partial charge in [-0.05, 0) is 31.1 Å². The van der Waals surface area contributed by atoms with E-state index in [9.17, 15) is 10.2 Å². The molecule has 0 spiro atoms. The van der Waals surface area contributed by atoms with Crippen molar-refractivity contribution >= 4 is 0 Å². The van der Waals surface area contributed by atoms with Gasteiger partial charge < -0.3 is 14.9 Å². The van der Waals surface area contributed by atoms with Crippen molar-refractivity contribution < 1.29 is 14.9 Å². The van der Waals surface area contributed by atoms with Crippen LogP contribution in [-0.4, -0.2) is 29.7 Å². The van der Waals surface area contributed by atoms with Gasteiger partial charge in [0, 0.05) is 19.1 Å². The fraction of sp³-hybridized carbons (Fsp3) is 1.00. The van der Waals surface area contributed by atoms with Gasteiger partial charge in [-0.25, -0.2) is 0 Å². The molecule has 70 valence electrons. The molecule has 0 aromatic rings. The first-order valence-corrected chi connectivity index (χ1v) is 4.73. The highest BCUT2D eigenvalue weighted by atomic mass is 16.5. The van der Waals surface area contributed by atoms with Gasteiger partial charge in [-0.2, -0.15) is 0 Å². The lowest BCUT2D eigenvalue weighted by atomic mass is 9.87. The maximum Gasteiger partial charge on any atom is 0.154 e. The van der Waals surface area contributed by atoms with Crippen molar-refractivity contribution in [3.63, 3.8) is 0 Å². The second-order valence-corrected chi connectivity index (χ2v) is 3.95. The molecule has 2 atom stereocenters. The van der Waals surface area contributed by atoms with Crippen molar-refractivity contribution in [2.75, 3.05) is 13.2 Å². The molecule has 0 aromatic carbocycles. The smallest absolute Gasteiger partial charge is 0.154 e. The van der Waals surface area contributed by atoms with E-state index in [0.29, 0.717) is 11.8 Å². The standard InChI is InChI=1S/C9H16O3/c10-9(11)8(6-1-2-6)7-3-4-12-5-7/h6-11H,1-5H2. The summed E-state index contributed by atoms with van der Waals surface area (Å²) in [4.78, 5) is 0. The van der Waals surface area contributed by atoms with Crippen LogP contribution < -0.4 is 0 Å². The number of hydrogen-bond acceptors (Lipinski definition) is 3. The third-order valence-corrected chi connectivity index (χ3v) is 3.02. The predicted octanol–water partition coefficient (Wildman–Crippen LogP) is 0.360. The molecule has 2 N–H and O–H groups in total. The van der Waals surface area contributed by atoms with E-state index < -0.39 is 6.29 Å². The minimum Gasteiger partial charge on any atom is -0.381 e. The highest BCUT2D eigenvalue weighted by Gasteiger charge is 2.41. The van der Waals surface area contributed by atoms with Gasteiger partial charge in [0.1, 0.15) is 0 Å². The third kappa shape index (κ3) is 1.63. The van der Waals surface area contributed by atoms with Crippen LogP contribution in [0, 0.1) is 17.8 Å². The Labute approximate surface area is 72.3 Å². The molecule has 3 heteroatoms. The van der Waals surface area contributed by atoms with Crippen LogP contribution in [0.3, 0.4) is 0 Å². The Morgan fingerprint density at radius 3 is 2.25 bits per heavy atom. The van der Waals surface area contributed by atoms with E-state index in [2.05, 4.69) is 0 Å². The molecule has 0 aromatic heterocycles. The van der Waals surface area contributed by atoms with Crippen LogP contribution in [-0.2, 0) is 4.74 Å². The number of aliphatic hydroxyl groups is 2. The molecule has 2 aliphatic rings. The molecule has 12 heavy (non-hydrogen) atoms. The summed E-state index contributed by atoms with van der Waals surface area (Å²) in [7, 11) is 0. The minimum atomic E-state index is -1.14. The fourth-order valence-electron chi connectivity index (χ4n) is 2.21. The molecule has 2 unspecified atom stereocenters. The second-order valence-electron chi connectivity index (χ2n) is 3.95. The van der Waals surface area contributed by atoms with Gasteiger partial charge in [0.25, 0.3) is 0 Å². The van der Waals surface area contributed by atoms with Gasteiger partial charge in [-0.15, -0.1) is 0 Å².